The zero-order chi connectivity index (χ0) is 5.15. The Hall–Kier alpha value is 1.15. The topological polar surface area (TPSA) is 0 Å². The molecule has 4 heteroatoms. The van der Waals surface area contributed by atoms with E-state index >= 15 is 0 Å². The Kier molecular flexibility index (Phi) is 3.81. The van der Waals surface area contributed by atoms with Gasteiger partial charge in [-0.3, -0.25) is 0 Å². The van der Waals surface area contributed by atoms with Gasteiger partial charge in [0.2, 0.25) is 0 Å². The predicted octanol–water partition coefficient (Wildman–Crippen LogP) is 2.00. The molecule has 0 fully saturated rings. The molecule has 0 aliphatic rings. The fourth-order valence-corrected chi connectivity index (χ4v) is 0. The van der Waals surface area contributed by atoms with Crippen LogP contribution in [0.15, 0.2) is 8.36 Å². The molecule has 0 saturated heterocycles. The summed E-state index contributed by atoms with van der Waals surface area (Å²) in [5.41, 5.74) is 0. The Labute approximate surface area is 59.7 Å². The van der Waals surface area contributed by atoms with Gasteiger partial charge in [-0.1, -0.05) is 0 Å². The first-order chi connectivity index (χ1) is 2.64. The molecule has 0 N–H and O–H groups in total. The SMILES string of the molecule is ClC(Cl)=[C](Cl)[Ge]. The van der Waals surface area contributed by atoms with E-state index in [-0.39, 0.29) is 4.49 Å². The number of halogens is 3. The second-order valence-electron chi connectivity index (χ2n) is 0.574. The van der Waals surface area contributed by atoms with Gasteiger partial charge in [0.1, 0.15) is 0 Å². The van der Waals surface area contributed by atoms with Crippen LogP contribution < -0.4 is 0 Å². The van der Waals surface area contributed by atoms with Crippen LogP contribution in [0.1, 0.15) is 0 Å². The summed E-state index contributed by atoms with van der Waals surface area (Å²) in [5.74, 6) is 0. The van der Waals surface area contributed by atoms with Crippen molar-refractivity contribution >= 4 is 51.3 Å². The van der Waals surface area contributed by atoms with Crippen LogP contribution in [-0.2, 0) is 0 Å². The van der Waals surface area contributed by atoms with Gasteiger partial charge in [0.25, 0.3) is 0 Å². The van der Waals surface area contributed by atoms with E-state index in [4.69, 9.17) is 34.8 Å². The standard InChI is InChI=1S/C2Cl3Ge/c3-1(4)2(5)6. The third-order valence-corrected chi connectivity index (χ3v) is 2.12. The van der Waals surface area contributed by atoms with Gasteiger partial charge >= 0.3 is 59.7 Å². The molecule has 0 bridgehead atoms. The van der Waals surface area contributed by atoms with Crippen molar-refractivity contribution in [2.24, 2.45) is 0 Å². The van der Waals surface area contributed by atoms with Gasteiger partial charge in [0.05, 0.1) is 0 Å². The van der Waals surface area contributed by atoms with Crippen molar-refractivity contribution in [3.63, 3.8) is 0 Å². The number of rotatable bonds is 0. The van der Waals surface area contributed by atoms with E-state index in [1.54, 1.807) is 16.5 Å². The van der Waals surface area contributed by atoms with E-state index in [1.165, 1.54) is 0 Å². The summed E-state index contributed by atoms with van der Waals surface area (Å²) in [6.07, 6.45) is 0. The summed E-state index contributed by atoms with van der Waals surface area (Å²) in [6.45, 7) is 0. The fraction of sp³-hybridized carbons (Fsp3) is 0. The Morgan fingerprint density at radius 1 is 1.17 bits per heavy atom. The molecule has 0 spiro atoms. The van der Waals surface area contributed by atoms with Gasteiger partial charge in [-0.05, 0) is 0 Å². The predicted molar refractivity (Wildman–Crippen MR) is 30.3 cm³/mol. The van der Waals surface area contributed by atoms with Crippen LogP contribution in [0.3, 0.4) is 0 Å². The molecule has 0 unspecified atom stereocenters. The zero-order valence-corrected chi connectivity index (χ0v) is 7.00. The van der Waals surface area contributed by atoms with Crippen molar-refractivity contribution in [1.82, 2.24) is 0 Å². The summed E-state index contributed by atoms with van der Waals surface area (Å²) in [5, 5.41) is 0. The molecule has 0 aliphatic carbocycles. The zero-order valence-electron chi connectivity index (χ0n) is 2.63. The van der Waals surface area contributed by atoms with Crippen molar-refractivity contribution in [2.45, 2.75) is 0 Å². The maximum absolute atomic E-state index is 5.23. The summed E-state index contributed by atoms with van der Waals surface area (Å²) < 4.78 is 0.565. The Morgan fingerprint density at radius 2 is 1.33 bits per heavy atom. The molecular weight excluding hydrogens is 203 g/mol. The Balaban J connectivity index is 3.68. The van der Waals surface area contributed by atoms with E-state index in [0.717, 1.165) is 0 Å². The molecule has 0 aromatic rings. The van der Waals surface area contributed by atoms with Crippen LogP contribution in [-0.4, -0.2) is 16.5 Å². The molecule has 0 nitrogen and oxygen atoms in total. The molecule has 3 radical (unpaired) electrons. The molecule has 0 saturated carbocycles. The quantitative estimate of drug-likeness (QED) is 0.528. The van der Waals surface area contributed by atoms with Crippen molar-refractivity contribution in [2.75, 3.05) is 0 Å². The molecule has 0 aromatic carbocycles. The fourth-order valence-electron chi connectivity index (χ4n) is 0. The third kappa shape index (κ3) is 3.35. The van der Waals surface area contributed by atoms with Crippen LogP contribution in [0.4, 0.5) is 0 Å². The van der Waals surface area contributed by atoms with Crippen molar-refractivity contribution in [3.05, 3.63) is 8.36 Å². The van der Waals surface area contributed by atoms with Crippen LogP contribution in [0.5, 0.6) is 0 Å². The monoisotopic (exact) mass is 203 g/mol. The number of hydrogen-bond acceptors (Lipinski definition) is 0. The summed E-state index contributed by atoms with van der Waals surface area (Å²) >= 11 is 17.1. The van der Waals surface area contributed by atoms with Crippen molar-refractivity contribution in [3.8, 4) is 0 Å². The first-order valence-electron chi connectivity index (χ1n) is 1.07. The van der Waals surface area contributed by atoms with Crippen LogP contribution in [0.2, 0.25) is 0 Å². The average Bonchev–Trinajstić information content (AvgIpc) is 1.36. The first-order valence-corrected chi connectivity index (χ1v) is 3.25. The molecule has 0 amide bonds. The van der Waals surface area contributed by atoms with Crippen LogP contribution >= 0.6 is 34.8 Å². The summed E-state index contributed by atoms with van der Waals surface area (Å²) in [4.78, 5) is 0. The van der Waals surface area contributed by atoms with Gasteiger partial charge in [-0.25, -0.2) is 0 Å². The van der Waals surface area contributed by atoms with E-state index in [2.05, 4.69) is 0 Å². The molecule has 33 valence electrons. The van der Waals surface area contributed by atoms with Crippen LogP contribution in [0.25, 0.3) is 0 Å². The first kappa shape index (κ1) is 7.15. The number of hydrogen-bond donors (Lipinski definition) is 0. The van der Waals surface area contributed by atoms with Crippen molar-refractivity contribution in [1.29, 1.82) is 0 Å². The Bertz CT molecular complexity index is 58.9. The second-order valence-corrected chi connectivity index (χ2v) is 3.62. The summed E-state index contributed by atoms with van der Waals surface area (Å²) in [7, 11) is 0. The van der Waals surface area contributed by atoms with E-state index in [1.807, 2.05) is 0 Å². The second kappa shape index (κ2) is 3.19. The normalized spacial score (nSPS) is 8.00. The van der Waals surface area contributed by atoms with E-state index in [0.29, 0.717) is 3.86 Å². The van der Waals surface area contributed by atoms with E-state index < -0.39 is 0 Å². The molecule has 0 heterocycles. The average molecular weight is 203 g/mol. The summed E-state index contributed by atoms with van der Waals surface area (Å²) in [6, 6.07) is 0. The molecule has 6 heavy (non-hydrogen) atoms. The molecule has 0 rings (SSSR count). The van der Waals surface area contributed by atoms with Gasteiger partial charge in [0.15, 0.2) is 0 Å². The third-order valence-electron chi connectivity index (χ3n) is 0.166. The maximum atomic E-state index is 5.23. The van der Waals surface area contributed by atoms with Gasteiger partial charge in [-0.2, -0.15) is 0 Å². The van der Waals surface area contributed by atoms with E-state index in [9.17, 15) is 0 Å². The van der Waals surface area contributed by atoms with Crippen LogP contribution in [0, 0.1) is 0 Å². The molecule has 0 aliphatic heterocycles. The molecular formula is C2Cl3Ge. The van der Waals surface area contributed by atoms with Gasteiger partial charge in [-0.15, -0.1) is 0 Å². The minimum absolute atomic E-state index is 0.136. The van der Waals surface area contributed by atoms with Gasteiger partial charge < -0.3 is 0 Å². The molecule has 0 atom stereocenters. The minimum atomic E-state index is 0.136. The Morgan fingerprint density at radius 3 is 1.33 bits per heavy atom. The van der Waals surface area contributed by atoms with Crippen molar-refractivity contribution < 1.29 is 0 Å². The molecule has 0 aromatic heterocycles. The van der Waals surface area contributed by atoms with Gasteiger partial charge in [0, 0.05) is 0 Å².